The minimum absolute atomic E-state index is 0.529. The van der Waals surface area contributed by atoms with E-state index in [4.69, 9.17) is 4.99 Å². The van der Waals surface area contributed by atoms with Crippen LogP contribution in [0.3, 0.4) is 0 Å². The average Bonchev–Trinajstić information content (AvgIpc) is 2.72. The Morgan fingerprint density at radius 3 is 2.86 bits per heavy atom. The van der Waals surface area contributed by atoms with Crippen molar-refractivity contribution in [3.63, 3.8) is 0 Å². The van der Waals surface area contributed by atoms with Gasteiger partial charge in [-0.2, -0.15) is 11.8 Å². The lowest BCUT2D eigenvalue weighted by atomic mass is 9.98. The van der Waals surface area contributed by atoms with Gasteiger partial charge in [-0.1, -0.05) is 42.0 Å². The summed E-state index contributed by atoms with van der Waals surface area (Å²) in [6.45, 7) is 4.19. The fraction of sp³-hybridized carbons (Fsp3) is 0.316. The first-order valence-corrected chi connectivity index (χ1v) is 9.04. The van der Waals surface area contributed by atoms with Crippen LogP contribution >= 0.6 is 11.8 Å². The highest BCUT2D eigenvalue weighted by Gasteiger charge is 2.28. The maximum atomic E-state index is 5.02. The van der Waals surface area contributed by atoms with Crippen LogP contribution in [0.5, 0.6) is 0 Å². The summed E-state index contributed by atoms with van der Waals surface area (Å²) in [5.41, 5.74) is 6.32. The van der Waals surface area contributed by atoms with Gasteiger partial charge in [-0.05, 0) is 19.1 Å². The van der Waals surface area contributed by atoms with E-state index in [-0.39, 0.29) is 0 Å². The van der Waals surface area contributed by atoms with E-state index >= 15 is 0 Å². The Hall–Kier alpha value is -1.74. The highest BCUT2D eigenvalue weighted by Crippen LogP contribution is 2.32. The Bertz CT molecular complexity index is 709. The van der Waals surface area contributed by atoms with Crippen molar-refractivity contribution in [2.24, 2.45) is 4.99 Å². The summed E-state index contributed by atoms with van der Waals surface area (Å²) < 4.78 is 0. The minimum atomic E-state index is 0.529. The molecule has 2 nitrogen and oxygen atoms in total. The number of nitrogens with zero attached hydrogens (tertiary/aromatic N) is 2. The molecule has 3 heteroatoms. The molecule has 2 aliphatic rings. The van der Waals surface area contributed by atoms with Crippen molar-refractivity contribution in [3.05, 3.63) is 65.2 Å². The third-order valence-electron chi connectivity index (χ3n) is 4.45. The van der Waals surface area contributed by atoms with Crippen LogP contribution in [0.1, 0.15) is 16.7 Å². The maximum Gasteiger partial charge on any atom is 0.0740 e. The molecule has 22 heavy (non-hydrogen) atoms. The van der Waals surface area contributed by atoms with Gasteiger partial charge in [-0.15, -0.1) is 0 Å². The van der Waals surface area contributed by atoms with Gasteiger partial charge in [0.1, 0.15) is 0 Å². The Morgan fingerprint density at radius 1 is 1.14 bits per heavy atom. The van der Waals surface area contributed by atoms with Crippen molar-refractivity contribution in [2.75, 3.05) is 29.5 Å². The maximum absolute atomic E-state index is 5.02. The molecular weight excluding hydrogens is 288 g/mol. The standard InChI is InChI=1S/C19H20N2S/c1-14-7-8-18-17(11-14)19(15-5-3-2-4-6-15)20-12-16-13-22-10-9-21(16)18/h2-8,11,16H,9-10,12-13H2,1H3. The van der Waals surface area contributed by atoms with E-state index in [0.29, 0.717) is 6.04 Å². The molecule has 0 N–H and O–H groups in total. The average molecular weight is 308 g/mol. The molecule has 2 aromatic carbocycles. The lowest BCUT2D eigenvalue weighted by molar-refractivity contribution is 0.661. The van der Waals surface area contributed by atoms with Crippen molar-refractivity contribution in [3.8, 4) is 0 Å². The van der Waals surface area contributed by atoms with Crippen LogP contribution in [0.4, 0.5) is 5.69 Å². The lowest BCUT2D eigenvalue weighted by Crippen LogP contribution is -2.44. The zero-order valence-electron chi connectivity index (χ0n) is 12.8. The number of hydrogen-bond donors (Lipinski definition) is 0. The van der Waals surface area contributed by atoms with E-state index in [0.717, 1.165) is 18.8 Å². The van der Waals surface area contributed by atoms with Crippen LogP contribution < -0.4 is 4.90 Å². The summed E-state index contributed by atoms with van der Waals surface area (Å²) >= 11 is 2.05. The zero-order valence-corrected chi connectivity index (χ0v) is 13.6. The predicted molar refractivity (Wildman–Crippen MR) is 96.6 cm³/mol. The quantitative estimate of drug-likeness (QED) is 0.797. The van der Waals surface area contributed by atoms with E-state index in [1.165, 1.54) is 33.9 Å². The highest BCUT2D eigenvalue weighted by molar-refractivity contribution is 7.99. The number of rotatable bonds is 1. The summed E-state index contributed by atoms with van der Waals surface area (Å²) in [5.74, 6) is 2.39. The third kappa shape index (κ3) is 2.44. The molecule has 112 valence electrons. The number of fused-ring (bicyclic) bond motifs is 3. The molecule has 0 bridgehead atoms. The normalized spacial score (nSPS) is 20.7. The predicted octanol–water partition coefficient (Wildman–Crippen LogP) is 3.77. The molecule has 2 aliphatic heterocycles. The van der Waals surface area contributed by atoms with Gasteiger partial charge >= 0.3 is 0 Å². The summed E-state index contributed by atoms with van der Waals surface area (Å²) in [4.78, 5) is 7.60. The zero-order chi connectivity index (χ0) is 14.9. The fourth-order valence-electron chi connectivity index (χ4n) is 3.34. The number of aryl methyl sites for hydroxylation is 1. The van der Waals surface area contributed by atoms with Crippen LogP contribution in [0.15, 0.2) is 53.5 Å². The highest BCUT2D eigenvalue weighted by atomic mass is 32.2. The molecule has 0 aliphatic carbocycles. The molecule has 2 heterocycles. The third-order valence-corrected chi connectivity index (χ3v) is 5.54. The van der Waals surface area contributed by atoms with E-state index in [1.54, 1.807) is 0 Å². The van der Waals surface area contributed by atoms with Crippen LogP contribution in [-0.4, -0.2) is 36.3 Å². The van der Waals surface area contributed by atoms with Crippen molar-refractivity contribution in [1.82, 2.24) is 0 Å². The van der Waals surface area contributed by atoms with Crippen molar-refractivity contribution >= 4 is 23.2 Å². The molecule has 0 aromatic heterocycles. The van der Waals surface area contributed by atoms with E-state index in [2.05, 4.69) is 72.1 Å². The smallest absolute Gasteiger partial charge is 0.0740 e. The van der Waals surface area contributed by atoms with E-state index < -0.39 is 0 Å². The Morgan fingerprint density at radius 2 is 2.00 bits per heavy atom. The summed E-state index contributed by atoms with van der Waals surface area (Å²) in [6, 6.07) is 17.9. The van der Waals surface area contributed by atoms with Crippen molar-refractivity contribution in [1.29, 1.82) is 0 Å². The van der Waals surface area contributed by atoms with Crippen molar-refractivity contribution in [2.45, 2.75) is 13.0 Å². The monoisotopic (exact) mass is 308 g/mol. The number of thioether (sulfide) groups is 1. The molecule has 1 unspecified atom stereocenters. The number of benzene rings is 2. The van der Waals surface area contributed by atoms with Crippen molar-refractivity contribution < 1.29 is 0 Å². The molecule has 0 saturated carbocycles. The SMILES string of the molecule is Cc1ccc2c(c1)C(c1ccccc1)=NCC1CSCCN21. The van der Waals surface area contributed by atoms with E-state index in [9.17, 15) is 0 Å². The Kier molecular flexibility index (Phi) is 3.67. The first kappa shape index (κ1) is 13.9. The topological polar surface area (TPSA) is 15.6 Å². The number of aliphatic imine (C=N–C) groups is 1. The van der Waals surface area contributed by atoms with Gasteiger partial charge in [0.25, 0.3) is 0 Å². The van der Waals surface area contributed by atoms with Gasteiger partial charge in [0.05, 0.1) is 18.3 Å². The molecule has 2 aromatic rings. The molecule has 0 amide bonds. The van der Waals surface area contributed by atoms with Gasteiger partial charge in [-0.25, -0.2) is 0 Å². The van der Waals surface area contributed by atoms with Gasteiger partial charge in [0, 0.05) is 34.9 Å². The molecule has 0 radical (unpaired) electrons. The van der Waals surface area contributed by atoms with Crippen LogP contribution in [0.25, 0.3) is 0 Å². The fourth-order valence-corrected chi connectivity index (χ4v) is 4.39. The first-order chi connectivity index (χ1) is 10.8. The van der Waals surface area contributed by atoms with Gasteiger partial charge < -0.3 is 4.90 Å². The van der Waals surface area contributed by atoms with Gasteiger partial charge in [0.2, 0.25) is 0 Å². The molecule has 1 fully saturated rings. The second-order valence-electron chi connectivity index (χ2n) is 6.00. The lowest BCUT2D eigenvalue weighted by Gasteiger charge is -2.36. The summed E-state index contributed by atoms with van der Waals surface area (Å²) in [6.07, 6.45) is 0. The van der Waals surface area contributed by atoms with Gasteiger partial charge in [-0.3, -0.25) is 4.99 Å². The van der Waals surface area contributed by atoms with E-state index in [1.807, 2.05) is 0 Å². The minimum Gasteiger partial charge on any atom is -0.364 e. The molecule has 1 saturated heterocycles. The Balaban J connectivity index is 1.88. The van der Waals surface area contributed by atoms with Gasteiger partial charge in [0.15, 0.2) is 0 Å². The molecule has 4 rings (SSSR count). The second-order valence-corrected chi connectivity index (χ2v) is 7.15. The summed E-state index contributed by atoms with van der Waals surface area (Å²) in [7, 11) is 0. The molecular formula is C19H20N2S. The second kappa shape index (κ2) is 5.81. The van der Waals surface area contributed by atoms with Crippen LogP contribution in [0, 0.1) is 6.92 Å². The van der Waals surface area contributed by atoms with Crippen LogP contribution in [0.2, 0.25) is 0 Å². The summed E-state index contributed by atoms with van der Waals surface area (Å²) in [5, 5.41) is 0. The largest absolute Gasteiger partial charge is 0.364 e. The Labute approximate surface area is 136 Å². The molecule has 1 atom stereocenters. The number of hydrogen-bond acceptors (Lipinski definition) is 3. The van der Waals surface area contributed by atoms with Crippen LogP contribution in [-0.2, 0) is 0 Å². The first-order valence-electron chi connectivity index (χ1n) is 7.88. The molecule has 0 spiro atoms. The number of anilines is 1.